The summed E-state index contributed by atoms with van der Waals surface area (Å²) in [6, 6.07) is 0. The highest BCUT2D eigenvalue weighted by Gasteiger charge is 2.29. The minimum absolute atomic E-state index is 0.0708. The van der Waals surface area contributed by atoms with Gasteiger partial charge >= 0.3 is 0 Å². The van der Waals surface area contributed by atoms with Crippen molar-refractivity contribution >= 4 is 5.91 Å². The van der Waals surface area contributed by atoms with Gasteiger partial charge in [0.2, 0.25) is 5.91 Å². The van der Waals surface area contributed by atoms with E-state index in [1.807, 2.05) is 30.4 Å². The summed E-state index contributed by atoms with van der Waals surface area (Å²) in [5.41, 5.74) is 1.91. The summed E-state index contributed by atoms with van der Waals surface area (Å²) in [4.78, 5) is 14.5. The lowest BCUT2D eigenvalue weighted by Gasteiger charge is -2.31. The molecule has 0 N–H and O–H groups in total. The van der Waals surface area contributed by atoms with Gasteiger partial charge in [-0.1, -0.05) is 26.0 Å². The van der Waals surface area contributed by atoms with Crippen molar-refractivity contribution in [2.45, 2.75) is 66.3 Å². The van der Waals surface area contributed by atoms with Gasteiger partial charge in [-0.3, -0.25) is 4.79 Å². The fourth-order valence-electron chi connectivity index (χ4n) is 2.78. The highest BCUT2D eigenvalue weighted by Crippen LogP contribution is 2.23. The Morgan fingerprint density at radius 3 is 2.29 bits per heavy atom. The summed E-state index contributed by atoms with van der Waals surface area (Å²) in [6.07, 6.45) is 2.69. The molecule has 2 heterocycles. The van der Waals surface area contributed by atoms with E-state index in [1.165, 1.54) is 5.69 Å². The van der Waals surface area contributed by atoms with Gasteiger partial charge in [-0.2, -0.15) is 0 Å². The van der Waals surface area contributed by atoms with Gasteiger partial charge in [0.05, 0.1) is 16.9 Å². The van der Waals surface area contributed by atoms with E-state index in [0.29, 0.717) is 0 Å². The lowest BCUT2D eigenvalue weighted by Crippen LogP contribution is -2.42. The average Bonchev–Trinajstić information content (AvgIpc) is 2.69. The van der Waals surface area contributed by atoms with Crippen LogP contribution in [-0.4, -0.2) is 38.9 Å². The van der Waals surface area contributed by atoms with Gasteiger partial charge in [-0.25, -0.2) is 4.68 Å². The molecular formula is C16H28N4O. The van der Waals surface area contributed by atoms with E-state index in [2.05, 4.69) is 31.1 Å². The third kappa shape index (κ3) is 3.44. The van der Waals surface area contributed by atoms with Crippen LogP contribution in [0.4, 0.5) is 0 Å². The maximum atomic E-state index is 12.5. The summed E-state index contributed by atoms with van der Waals surface area (Å²) in [6.45, 7) is 13.9. The van der Waals surface area contributed by atoms with Crippen LogP contribution in [0.2, 0.25) is 0 Å². The van der Waals surface area contributed by atoms with Crippen LogP contribution in [0.5, 0.6) is 0 Å². The van der Waals surface area contributed by atoms with E-state index in [1.54, 1.807) is 0 Å². The number of hydrogen-bond donors (Lipinski definition) is 0. The van der Waals surface area contributed by atoms with Crippen LogP contribution in [-0.2, 0) is 23.2 Å². The second kappa shape index (κ2) is 5.43. The molecule has 1 aliphatic heterocycles. The number of carbonyl (C=O) groups is 1. The van der Waals surface area contributed by atoms with Crippen molar-refractivity contribution < 1.29 is 4.79 Å². The molecule has 0 spiro atoms. The molecule has 21 heavy (non-hydrogen) atoms. The van der Waals surface area contributed by atoms with Gasteiger partial charge in [0.25, 0.3) is 0 Å². The molecule has 0 fully saturated rings. The largest absolute Gasteiger partial charge is 0.342 e. The summed E-state index contributed by atoms with van der Waals surface area (Å²) in [7, 11) is 0. The maximum Gasteiger partial charge on any atom is 0.227 e. The predicted molar refractivity (Wildman–Crippen MR) is 83.1 cm³/mol. The number of amides is 1. The Bertz CT molecular complexity index is 519. The van der Waals surface area contributed by atoms with Gasteiger partial charge in [0.15, 0.2) is 0 Å². The van der Waals surface area contributed by atoms with E-state index in [-0.39, 0.29) is 16.9 Å². The molecule has 0 atom stereocenters. The Kier molecular flexibility index (Phi) is 4.13. The van der Waals surface area contributed by atoms with Gasteiger partial charge in [0.1, 0.15) is 0 Å². The van der Waals surface area contributed by atoms with Crippen molar-refractivity contribution in [1.82, 2.24) is 19.9 Å². The monoisotopic (exact) mass is 292 g/mol. The number of hydrogen-bond acceptors (Lipinski definition) is 3. The third-order valence-electron chi connectivity index (χ3n) is 3.87. The predicted octanol–water partition coefficient (Wildman–Crippen LogP) is 2.40. The van der Waals surface area contributed by atoms with Crippen LogP contribution < -0.4 is 0 Å². The van der Waals surface area contributed by atoms with Crippen LogP contribution in [0.3, 0.4) is 0 Å². The van der Waals surface area contributed by atoms with Crippen molar-refractivity contribution in [3.63, 3.8) is 0 Å². The van der Waals surface area contributed by atoms with Crippen molar-refractivity contribution in [2.24, 2.45) is 5.41 Å². The van der Waals surface area contributed by atoms with Gasteiger partial charge in [-0.05, 0) is 33.6 Å². The summed E-state index contributed by atoms with van der Waals surface area (Å²) in [5.74, 6) is 0.237. The third-order valence-corrected chi connectivity index (χ3v) is 3.87. The first-order chi connectivity index (χ1) is 9.60. The highest BCUT2D eigenvalue weighted by atomic mass is 16.2. The zero-order valence-electron chi connectivity index (χ0n) is 14.2. The van der Waals surface area contributed by atoms with Gasteiger partial charge in [-0.15, -0.1) is 5.10 Å². The summed E-state index contributed by atoms with van der Waals surface area (Å²) in [5, 5.41) is 8.69. The first-order valence-electron chi connectivity index (χ1n) is 7.84. The molecule has 0 radical (unpaired) electrons. The number of rotatable bonds is 0. The first kappa shape index (κ1) is 16.0. The van der Waals surface area contributed by atoms with E-state index in [9.17, 15) is 4.79 Å². The van der Waals surface area contributed by atoms with Crippen LogP contribution in [0.15, 0.2) is 0 Å². The number of aryl methyl sites for hydroxylation is 1. The Labute approximate surface area is 127 Å². The average molecular weight is 292 g/mol. The molecule has 118 valence electrons. The number of nitrogens with zero attached hydrogens (tertiary/aromatic N) is 4. The Balaban J connectivity index is 2.22. The fraction of sp³-hybridized carbons (Fsp3) is 0.812. The number of fused-ring (bicyclic) bond motifs is 1. The maximum absolute atomic E-state index is 12.5. The molecular weight excluding hydrogens is 264 g/mol. The lowest BCUT2D eigenvalue weighted by molar-refractivity contribution is -0.139. The normalized spacial score (nSPS) is 17.1. The van der Waals surface area contributed by atoms with Crippen molar-refractivity contribution in [1.29, 1.82) is 0 Å². The smallest absolute Gasteiger partial charge is 0.227 e. The minimum atomic E-state index is -0.315. The fourth-order valence-corrected chi connectivity index (χ4v) is 2.78. The molecule has 0 unspecified atom stereocenters. The minimum Gasteiger partial charge on any atom is -0.342 e. The number of carbonyl (C=O) groups excluding carboxylic acids is 1. The molecule has 2 rings (SSSR count). The second-order valence-electron chi connectivity index (χ2n) is 7.96. The van der Waals surface area contributed by atoms with Gasteiger partial charge in [0, 0.05) is 24.9 Å². The van der Waals surface area contributed by atoms with E-state index in [0.717, 1.165) is 38.0 Å². The van der Waals surface area contributed by atoms with Crippen molar-refractivity contribution in [3.8, 4) is 0 Å². The molecule has 1 aromatic rings. The SMILES string of the molecule is CC(C)(C)C(=O)N1CCCc2nnn(C(C)(C)C)c2CC1. The Morgan fingerprint density at radius 2 is 1.71 bits per heavy atom. The van der Waals surface area contributed by atoms with E-state index >= 15 is 0 Å². The molecule has 1 amide bonds. The van der Waals surface area contributed by atoms with Crippen LogP contribution in [0, 0.1) is 5.41 Å². The van der Waals surface area contributed by atoms with Crippen molar-refractivity contribution in [3.05, 3.63) is 11.4 Å². The standard InChI is InChI=1S/C16H28N4O/c1-15(2,3)14(21)19-10-7-8-12-13(9-11-19)20(18-17-12)16(4,5)6/h7-11H2,1-6H3. The molecule has 1 aliphatic rings. The zero-order valence-corrected chi connectivity index (χ0v) is 14.2. The van der Waals surface area contributed by atoms with E-state index in [4.69, 9.17) is 0 Å². The molecule has 0 aliphatic carbocycles. The first-order valence-corrected chi connectivity index (χ1v) is 7.84. The highest BCUT2D eigenvalue weighted by molar-refractivity contribution is 5.81. The zero-order chi connectivity index (χ0) is 15.8. The summed E-state index contributed by atoms with van der Waals surface area (Å²) >= 11 is 0. The van der Waals surface area contributed by atoms with Crippen molar-refractivity contribution in [2.75, 3.05) is 13.1 Å². The molecule has 0 saturated carbocycles. The molecule has 0 saturated heterocycles. The van der Waals surface area contributed by atoms with Crippen LogP contribution in [0.1, 0.15) is 59.4 Å². The quantitative estimate of drug-likeness (QED) is 0.738. The molecule has 5 heteroatoms. The lowest BCUT2D eigenvalue weighted by atomic mass is 9.94. The van der Waals surface area contributed by atoms with Gasteiger partial charge < -0.3 is 4.90 Å². The van der Waals surface area contributed by atoms with Crippen LogP contribution >= 0.6 is 0 Å². The topological polar surface area (TPSA) is 51.0 Å². The Morgan fingerprint density at radius 1 is 1.05 bits per heavy atom. The molecule has 1 aromatic heterocycles. The molecule has 0 bridgehead atoms. The van der Waals surface area contributed by atoms with E-state index < -0.39 is 0 Å². The second-order valence-corrected chi connectivity index (χ2v) is 7.96. The van der Waals surface area contributed by atoms with Crippen LogP contribution in [0.25, 0.3) is 0 Å². The number of aromatic nitrogens is 3. The summed E-state index contributed by atoms with van der Waals surface area (Å²) < 4.78 is 2.02. The molecule has 5 nitrogen and oxygen atoms in total. The Hall–Kier alpha value is -1.39. The molecule has 0 aromatic carbocycles.